The van der Waals surface area contributed by atoms with Gasteiger partial charge < -0.3 is 4.84 Å². The molecule has 0 amide bonds. The molecular formula is C21H15F2N5O2. The Morgan fingerprint density at radius 3 is 2.57 bits per heavy atom. The lowest BCUT2D eigenvalue weighted by atomic mass is 10.1. The van der Waals surface area contributed by atoms with Crippen molar-refractivity contribution in [3.63, 3.8) is 0 Å². The Balaban J connectivity index is 1.72. The van der Waals surface area contributed by atoms with Crippen molar-refractivity contribution in [1.82, 2.24) is 19.6 Å². The molecule has 1 aromatic carbocycles. The van der Waals surface area contributed by atoms with Gasteiger partial charge in [-0.2, -0.15) is 5.10 Å². The molecule has 30 heavy (non-hydrogen) atoms. The van der Waals surface area contributed by atoms with E-state index < -0.39 is 12.4 Å². The fraction of sp³-hybridized carbons (Fsp3) is 0.0952. The average Bonchev–Trinajstić information content (AvgIpc) is 3.21. The van der Waals surface area contributed by atoms with Crippen molar-refractivity contribution in [1.29, 1.82) is 0 Å². The summed E-state index contributed by atoms with van der Waals surface area (Å²) < 4.78 is 28.2. The van der Waals surface area contributed by atoms with E-state index in [4.69, 9.17) is 4.84 Å². The zero-order valence-electron chi connectivity index (χ0n) is 15.7. The number of pyridine rings is 1. The number of halogens is 2. The van der Waals surface area contributed by atoms with Gasteiger partial charge in [0.15, 0.2) is 5.65 Å². The standard InChI is InChI=1S/C21H15F2N5O2/c1-13(14-7-9-24-10-8-14)27-30-21(29)16-12-25-28-18(19(22)23)11-17(26-20(16)28)15-5-3-2-4-6-15/h2-12,19H,1H3/b27-13+. The summed E-state index contributed by atoms with van der Waals surface area (Å²) in [5.74, 6) is -0.851. The van der Waals surface area contributed by atoms with Crippen molar-refractivity contribution in [3.8, 4) is 11.3 Å². The van der Waals surface area contributed by atoms with Gasteiger partial charge in [-0.1, -0.05) is 35.5 Å². The van der Waals surface area contributed by atoms with Crippen molar-refractivity contribution in [3.05, 3.63) is 83.9 Å². The molecule has 0 saturated carbocycles. The van der Waals surface area contributed by atoms with Gasteiger partial charge in [-0.25, -0.2) is 23.1 Å². The van der Waals surface area contributed by atoms with E-state index in [1.165, 1.54) is 6.07 Å². The molecule has 0 saturated heterocycles. The van der Waals surface area contributed by atoms with E-state index in [2.05, 4.69) is 20.2 Å². The number of alkyl halides is 2. The van der Waals surface area contributed by atoms with Gasteiger partial charge >= 0.3 is 5.97 Å². The molecule has 0 fully saturated rings. The summed E-state index contributed by atoms with van der Waals surface area (Å²) >= 11 is 0. The minimum absolute atomic E-state index is 0.0339. The Morgan fingerprint density at radius 2 is 1.87 bits per heavy atom. The number of nitrogens with zero attached hydrogens (tertiary/aromatic N) is 5. The Kier molecular flexibility index (Phi) is 5.25. The highest BCUT2D eigenvalue weighted by atomic mass is 19.3. The van der Waals surface area contributed by atoms with Crippen molar-refractivity contribution in [2.75, 3.05) is 0 Å². The first kappa shape index (κ1) is 19.3. The van der Waals surface area contributed by atoms with Crippen LogP contribution >= 0.6 is 0 Å². The zero-order valence-corrected chi connectivity index (χ0v) is 15.7. The summed E-state index contributed by atoms with van der Waals surface area (Å²) in [6, 6.07) is 13.5. The summed E-state index contributed by atoms with van der Waals surface area (Å²) in [4.78, 5) is 25.8. The van der Waals surface area contributed by atoms with Crippen molar-refractivity contribution in [2.24, 2.45) is 5.16 Å². The Labute approximate surface area is 169 Å². The molecular weight excluding hydrogens is 392 g/mol. The van der Waals surface area contributed by atoms with Crippen LogP contribution in [0.5, 0.6) is 0 Å². The molecule has 0 N–H and O–H groups in total. The summed E-state index contributed by atoms with van der Waals surface area (Å²) in [5, 5.41) is 7.72. The maximum absolute atomic E-state index is 13.6. The highest BCUT2D eigenvalue weighted by Gasteiger charge is 2.22. The number of oxime groups is 1. The maximum Gasteiger partial charge on any atom is 0.371 e. The van der Waals surface area contributed by atoms with Crippen molar-refractivity contribution < 1.29 is 18.4 Å². The first-order chi connectivity index (χ1) is 14.5. The summed E-state index contributed by atoms with van der Waals surface area (Å²) in [5.41, 5.74) is 1.62. The van der Waals surface area contributed by atoms with Crippen LogP contribution in [0, 0.1) is 0 Å². The average molecular weight is 407 g/mol. The highest BCUT2D eigenvalue weighted by molar-refractivity contribution is 6.00. The van der Waals surface area contributed by atoms with Crippen LogP contribution in [0.25, 0.3) is 16.9 Å². The SMILES string of the molecule is C/C(=N\OC(=O)c1cnn2c(C(F)F)cc(-c3ccccc3)nc12)c1ccncc1. The minimum Gasteiger partial charge on any atom is -0.312 e. The Morgan fingerprint density at radius 1 is 1.13 bits per heavy atom. The zero-order chi connectivity index (χ0) is 21.1. The molecule has 0 unspecified atom stereocenters. The second-order valence-electron chi connectivity index (χ2n) is 6.32. The molecule has 3 aromatic heterocycles. The predicted octanol–water partition coefficient (Wildman–Crippen LogP) is 4.31. The van der Waals surface area contributed by atoms with Gasteiger partial charge in [0.2, 0.25) is 0 Å². The second kappa shape index (κ2) is 8.16. The number of hydrogen-bond acceptors (Lipinski definition) is 6. The summed E-state index contributed by atoms with van der Waals surface area (Å²) in [7, 11) is 0. The molecule has 0 bridgehead atoms. The lowest BCUT2D eigenvalue weighted by molar-refractivity contribution is 0.0518. The highest BCUT2D eigenvalue weighted by Crippen LogP contribution is 2.26. The fourth-order valence-corrected chi connectivity index (χ4v) is 2.85. The molecule has 0 atom stereocenters. The van der Waals surface area contributed by atoms with Crippen molar-refractivity contribution >= 4 is 17.3 Å². The van der Waals surface area contributed by atoms with E-state index in [9.17, 15) is 13.6 Å². The van der Waals surface area contributed by atoms with Gasteiger partial charge in [-0.3, -0.25) is 4.98 Å². The molecule has 4 aromatic rings. The summed E-state index contributed by atoms with van der Waals surface area (Å²) in [6.07, 6.45) is 1.50. The third-order valence-electron chi connectivity index (χ3n) is 4.38. The van der Waals surface area contributed by atoms with Crippen LogP contribution in [-0.2, 0) is 4.84 Å². The molecule has 0 radical (unpaired) electrons. The van der Waals surface area contributed by atoms with E-state index in [0.717, 1.165) is 16.3 Å². The van der Waals surface area contributed by atoms with Gasteiger partial charge in [0, 0.05) is 23.5 Å². The van der Waals surface area contributed by atoms with Gasteiger partial charge in [-0.05, 0) is 25.1 Å². The topological polar surface area (TPSA) is 81.7 Å². The number of hydrogen-bond donors (Lipinski definition) is 0. The number of benzene rings is 1. The largest absolute Gasteiger partial charge is 0.371 e. The van der Waals surface area contributed by atoms with Crippen LogP contribution < -0.4 is 0 Å². The first-order valence-corrected chi connectivity index (χ1v) is 8.93. The quantitative estimate of drug-likeness (QED) is 0.280. The van der Waals surface area contributed by atoms with E-state index in [1.54, 1.807) is 61.8 Å². The van der Waals surface area contributed by atoms with Gasteiger partial charge in [0.25, 0.3) is 6.43 Å². The smallest absolute Gasteiger partial charge is 0.312 e. The van der Waals surface area contributed by atoms with E-state index in [0.29, 0.717) is 17.0 Å². The summed E-state index contributed by atoms with van der Waals surface area (Å²) in [6.45, 7) is 1.67. The molecule has 0 aliphatic heterocycles. The molecule has 9 heteroatoms. The molecule has 150 valence electrons. The molecule has 0 aliphatic rings. The van der Waals surface area contributed by atoms with Crippen molar-refractivity contribution in [2.45, 2.75) is 13.3 Å². The van der Waals surface area contributed by atoms with Crippen LogP contribution in [0.4, 0.5) is 8.78 Å². The van der Waals surface area contributed by atoms with E-state index >= 15 is 0 Å². The second-order valence-corrected chi connectivity index (χ2v) is 6.32. The normalized spacial score (nSPS) is 11.8. The molecule has 0 spiro atoms. The predicted molar refractivity (Wildman–Crippen MR) is 105 cm³/mol. The third-order valence-corrected chi connectivity index (χ3v) is 4.38. The maximum atomic E-state index is 13.6. The van der Waals surface area contributed by atoms with Crippen LogP contribution in [0.2, 0.25) is 0 Å². The molecule has 0 aliphatic carbocycles. The Bertz CT molecular complexity index is 1220. The van der Waals surface area contributed by atoms with E-state index in [1.807, 2.05) is 0 Å². The van der Waals surface area contributed by atoms with Gasteiger partial charge in [-0.15, -0.1) is 0 Å². The third kappa shape index (κ3) is 3.77. The molecule has 7 nitrogen and oxygen atoms in total. The number of fused-ring (bicyclic) bond motifs is 1. The van der Waals surface area contributed by atoms with Crippen LogP contribution in [0.1, 0.15) is 35.0 Å². The minimum atomic E-state index is -2.81. The van der Waals surface area contributed by atoms with E-state index in [-0.39, 0.29) is 16.9 Å². The van der Waals surface area contributed by atoms with Crippen LogP contribution in [0.15, 0.2) is 72.3 Å². The number of rotatable bonds is 5. The Hall–Kier alpha value is -4.01. The van der Waals surface area contributed by atoms with Gasteiger partial charge in [0.1, 0.15) is 11.3 Å². The monoisotopic (exact) mass is 407 g/mol. The number of carbonyl (C=O) groups excluding carboxylic acids is 1. The number of carbonyl (C=O) groups is 1. The van der Waals surface area contributed by atoms with Crippen LogP contribution in [-0.4, -0.2) is 31.3 Å². The lowest BCUT2D eigenvalue weighted by Gasteiger charge is -2.08. The van der Waals surface area contributed by atoms with Crippen LogP contribution in [0.3, 0.4) is 0 Å². The van der Waals surface area contributed by atoms with Gasteiger partial charge in [0.05, 0.1) is 17.6 Å². The number of aromatic nitrogens is 4. The first-order valence-electron chi connectivity index (χ1n) is 8.93. The molecule has 3 heterocycles. The fourth-order valence-electron chi connectivity index (χ4n) is 2.85. The molecule has 4 rings (SSSR count). The lowest BCUT2D eigenvalue weighted by Crippen LogP contribution is -2.07.